The van der Waals surface area contributed by atoms with Gasteiger partial charge in [0.2, 0.25) is 0 Å². The molecule has 4 heteroatoms. The van der Waals surface area contributed by atoms with Crippen molar-refractivity contribution in [2.24, 2.45) is 5.10 Å². The maximum atomic E-state index is 12.6. The predicted molar refractivity (Wildman–Crippen MR) is 43.5 cm³/mol. The molecule has 64 valence electrons. The summed E-state index contributed by atoms with van der Waals surface area (Å²) >= 11 is 0. The van der Waals surface area contributed by atoms with Crippen molar-refractivity contribution in [3.63, 3.8) is 0 Å². The highest BCUT2D eigenvalue weighted by atomic mass is 19.2. The molecule has 0 bridgehead atoms. The molecular formula is C8H8F2N2. The van der Waals surface area contributed by atoms with Crippen LogP contribution >= 0.6 is 0 Å². The van der Waals surface area contributed by atoms with E-state index < -0.39 is 11.7 Å². The zero-order valence-electron chi connectivity index (χ0n) is 6.59. The lowest BCUT2D eigenvalue weighted by Crippen LogP contribution is -2.11. The highest BCUT2D eigenvalue weighted by Gasteiger charge is 2.15. The monoisotopic (exact) mass is 170 g/mol. The van der Waals surface area contributed by atoms with Crippen LogP contribution in [0.15, 0.2) is 40.8 Å². The van der Waals surface area contributed by atoms with Crippen LogP contribution in [0.1, 0.15) is 6.92 Å². The van der Waals surface area contributed by atoms with Gasteiger partial charge >= 0.3 is 0 Å². The summed E-state index contributed by atoms with van der Waals surface area (Å²) in [7, 11) is 0. The van der Waals surface area contributed by atoms with Gasteiger partial charge in [-0.25, -0.2) is 13.8 Å². The third-order valence-corrected chi connectivity index (χ3v) is 1.45. The molecule has 0 radical (unpaired) electrons. The maximum Gasteiger partial charge on any atom is 0.177 e. The van der Waals surface area contributed by atoms with Crippen LogP contribution in [0.2, 0.25) is 0 Å². The first kappa shape index (κ1) is 8.64. The summed E-state index contributed by atoms with van der Waals surface area (Å²) < 4.78 is 25.2. The van der Waals surface area contributed by atoms with E-state index in [1.165, 1.54) is 5.01 Å². The molecule has 0 atom stereocenters. The zero-order valence-corrected chi connectivity index (χ0v) is 6.59. The second-order valence-electron chi connectivity index (χ2n) is 2.17. The molecule has 1 heterocycles. The molecule has 2 nitrogen and oxygen atoms in total. The number of halogens is 2. The van der Waals surface area contributed by atoms with Crippen molar-refractivity contribution in [1.82, 2.24) is 5.01 Å². The van der Waals surface area contributed by atoms with Gasteiger partial charge in [-0.2, -0.15) is 5.10 Å². The number of hydrogen-bond acceptors (Lipinski definition) is 2. The van der Waals surface area contributed by atoms with Crippen molar-refractivity contribution < 1.29 is 8.78 Å². The highest BCUT2D eigenvalue weighted by Crippen LogP contribution is 2.24. The third kappa shape index (κ3) is 1.42. The predicted octanol–water partition coefficient (Wildman–Crippen LogP) is 2.49. The van der Waals surface area contributed by atoms with Gasteiger partial charge in [-0.05, 0) is 6.92 Å². The van der Waals surface area contributed by atoms with Crippen molar-refractivity contribution in [2.45, 2.75) is 6.92 Å². The van der Waals surface area contributed by atoms with E-state index in [2.05, 4.69) is 11.8 Å². The summed E-state index contributed by atoms with van der Waals surface area (Å²) in [5, 5.41) is 4.64. The van der Waals surface area contributed by atoms with Crippen molar-refractivity contribution in [1.29, 1.82) is 0 Å². The quantitative estimate of drug-likeness (QED) is 0.552. The lowest BCUT2D eigenvalue weighted by Gasteiger charge is -2.18. The minimum Gasteiger partial charge on any atom is -0.239 e. The van der Waals surface area contributed by atoms with Gasteiger partial charge in [0.25, 0.3) is 0 Å². The molecule has 0 amide bonds. The van der Waals surface area contributed by atoms with Gasteiger partial charge in [0.15, 0.2) is 11.7 Å². The van der Waals surface area contributed by atoms with Crippen LogP contribution < -0.4 is 0 Å². The smallest absolute Gasteiger partial charge is 0.177 e. The van der Waals surface area contributed by atoms with Crippen LogP contribution in [0, 0.1) is 0 Å². The van der Waals surface area contributed by atoms with Crippen molar-refractivity contribution in [3.05, 3.63) is 35.7 Å². The molecule has 1 aliphatic heterocycles. The van der Waals surface area contributed by atoms with E-state index in [0.29, 0.717) is 5.70 Å². The highest BCUT2D eigenvalue weighted by molar-refractivity contribution is 5.36. The number of hydrogen-bond donors (Lipinski definition) is 0. The second kappa shape index (κ2) is 3.30. The van der Waals surface area contributed by atoms with Crippen molar-refractivity contribution in [3.8, 4) is 0 Å². The molecule has 1 aliphatic rings. The number of nitrogens with zero attached hydrogens (tertiary/aromatic N) is 2. The lowest BCUT2D eigenvalue weighted by molar-refractivity contribution is 0.448. The van der Waals surface area contributed by atoms with E-state index in [1.807, 2.05) is 0 Å². The Morgan fingerprint density at radius 2 is 2.17 bits per heavy atom. The summed E-state index contributed by atoms with van der Waals surface area (Å²) in [6.45, 7) is 4.92. The minimum atomic E-state index is -0.937. The molecule has 0 aromatic rings. The standard InChI is InChI=1S/C8H8F2N2/c1-3-6-4-7(9)8(10)5-12(6)11-2/h3-5H,2H2,1H3/b6-3-. The third-order valence-electron chi connectivity index (χ3n) is 1.45. The van der Waals surface area contributed by atoms with E-state index in [0.717, 1.165) is 12.3 Å². The number of allylic oxidation sites excluding steroid dienone is 4. The molecule has 12 heavy (non-hydrogen) atoms. The summed E-state index contributed by atoms with van der Waals surface area (Å²) in [6.07, 6.45) is 3.61. The van der Waals surface area contributed by atoms with E-state index in [1.54, 1.807) is 13.0 Å². The van der Waals surface area contributed by atoms with Gasteiger partial charge in [-0.1, -0.05) is 6.08 Å². The van der Waals surface area contributed by atoms with E-state index in [9.17, 15) is 8.78 Å². The lowest BCUT2D eigenvalue weighted by atomic mass is 10.2. The fraction of sp³-hybridized carbons (Fsp3) is 0.125. The molecule has 0 N–H and O–H groups in total. The van der Waals surface area contributed by atoms with Crippen LogP contribution in [-0.4, -0.2) is 11.7 Å². The van der Waals surface area contributed by atoms with Gasteiger partial charge in [0, 0.05) is 12.8 Å². The van der Waals surface area contributed by atoms with Crippen LogP contribution in [0.3, 0.4) is 0 Å². The van der Waals surface area contributed by atoms with Gasteiger partial charge in [-0.3, -0.25) is 0 Å². The topological polar surface area (TPSA) is 15.6 Å². The van der Waals surface area contributed by atoms with Crippen LogP contribution in [0.5, 0.6) is 0 Å². The Hall–Kier alpha value is -1.45. The number of rotatable bonds is 1. The van der Waals surface area contributed by atoms with Crippen molar-refractivity contribution in [2.75, 3.05) is 0 Å². The molecule has 0 saturated heterocycles. The average Bonchev–Trinajstić information content (AvgIpc) is 2.09. The Morgan fingerprint density at radius 3 is 2.67 bits per heavy atom. The van der Waals surface area contributed by atoms with E-state index in [-0.39, 0.29) is 0 Å². The molecule has 0 fully saturated rings. The summed E-state index contributed by atoms with van der Waals surface area (Å²) in [4.78, 5) is 0. The normalized spacial score (nSPS) is 20.6. The first-order valence-corrected chi connectivity index (χ1v) is 3.36. The van der Waals surface area contributed by atoms with Gasteiger partial charge in [0.05, 0.1) is 11.9 Å². The summed E-state index contributed by atoms with van der Waals surface area (Å²) in [6, 6.07) is 0. The summed E-state index contributed by atoms with van der Waals surface area (Å²) in [5.74, 6) is -1.82. The molecule has 0 aliphatic carbocycles. The molecule has 0 aromatic carbocycles. The fourth-order valence-electron chi connectivity index (χ4n) is 0.847. The molecule has 0 spiro atoms. The van der Waals surface area contributed by atoms with Gasteiger partial charge in [0.1, 0.15) is 0 Å². The van der Waals surface area contributed by atoms with E-state index >= 15 is 0 Å². The Morgan fingerprint density at radius 1 is 1.50 bits per heavy atom. The maximum absolute atomic E-state index is 12.6. The zero-order chi connectivity index (χ0) is 9.14. The average molecular weight is 170 g/mol. The molecular weight excluding hydrogens is 162 g/mol. The van der Waals surface area contributed by atoms with Crippen molar-refractivity contribution >= 4 is 6.72 Å². The SMILES string of the molecule is C=NN1C=C(F)C(F)=C/C1=C/C. The van der Waals surface area contributed by atoms with Crippen LogP contribution in [0.25, 0.3) is 0 Å². The first-order chi connectivity index (χ1) is 5.69. The molecule has 0 unspecified atom stereocenters. The molecule has 1 rings (SSSR count). The van der Waals surface area contributed by atoms with Gasteiger partial charge in [-0.15, -0.1) is 0 Å². The van der Waals surface area contributed by atoms with Crippen LogP contribution in [0.4, 0.5) is 8.78 Å². The Kier molecular flexibility index (Phi) is 2.38. The Labute approximate surface area is 69.2 Å². The van der Waals surface area contributed by atoms with E-state index in [4.69, 9.17) is 0 Å². The fourth-order valence-corrected chi connectivity index (χ4v) is 0.847. The van der Waals surface area contributed by atoms with Gasteiger partial charge < -0.3 is 0 Å². The number of hydrazone groups is 1. The second-order valence-corrected chi connectivity index (χ2v) is 2.17. The first-order valence-electron chi connectivity index (χ1n) is 3.36. The van der Waals surface area contributed by atoms with Crippen LogP contribution in [-0.2, 0) is 0 Å². The minimum absolute atomic E-state index is 0.462. The Balaban J connectivity index is 3.04. The molecule has 0 aromatic heterocycles. The molecule has 0 saturated carbocycles. The summed E-state index contributed by atoms with van der Waals surface area (Å²) in [5.41, 5.74) is 0.462. The largest absolute Gasteiger partial charge is 0.239 e. The Bertz CT molecular complexity index is 289.